The number of aryl methyl sites for hydroxylation is 2. The molecule has 0 saturated heterocycles. The number of nitrogens with one attached hydrogen (secondary N) is 1. The highest BCUT2D eigenvalue weighted by atomic mass is 32.2. The summed E-state index contributed by atoms with van der Waals surface area (Å²) in [6, 6.07) is 5.48. The summed E-state index contributed by atoms with van der Waals surface area (Å²) < 4.78 is 0.914. The van der Waals surface area contributed by atoms with Crippen LogP contribution in [-0.4, -0.2) is 16.6 Å². The number of benzene rings is 1. The highest BCUT2D eigenvalue weighted by molar-refractivity contribution is 8.01. The van der Waals surface area contributed by atoms with Crippen LogP contribution in [0.4, 0.5) is 11.4 Å². The Balaban J connectivity index is 1.92. The van der Waals surface area contributed by atoms with Gasteiger partial charge < -0.3 is 11.1 Å². The number of nitrogens with two attached hydrogens (primary N) is 1. The number of thioether (sulfide) groups is 1. The number of nitrogen functional groups attached to an aromatic ring is 1. The zero-order valence-electron chi connectivity index (χ0n) is 10.8. The second-order valence-corrected chi connectivity index (χ2v) is 6.25. The van der Waals surface area contributed by atoms with Gasteiger partial charge in [-0.2, -0.15) is 0 Å². The number of thiazole rings is 1. The molecule has 1 aromatic carbocycles. The van der Waals surface area contributed by atoms with Crippen molar-refractivity contribution in [1.29, 1.82) is 0 Å². The summed E-state index contributed by atoms with van der Waals surface area (Å²) in [5.74, 6) is 0.299. The lowest BCUT2D eigenvalue weighted by atomic mass is 10.2. The largest absolute Gasteiger partial charge is 0.399 e. The SMILES string of the molecule is Cc1csc(SCC(=O)Nc2cc(N)ccc2C)n1. The van der Waals surface area contributed by atoms with Crippen LogP contribution in [-0.2, 0) is 4.79 Å². The Hall–Kier alpha value is -1.53. The summed E-state index contributed by atoms with van der Waals surface area (Å²) in [7, 11) is 0. The molecule has 0 unspecified atom stereocenters. The zero-order valence-corrected chi connectivity index (χ0v) is 12.4. The Morgan fingerprint density at radius 1 is 1.47 bits per heavy atom. The minimum atomic E-state index is -0.0495. The minimum Gasteiger partial charge on any atom is -0.399 e. The van der Waals surface area contributed by atoms with Crippen LogP contribution in [0.2, 0.25) is 0 Å². The van der Waals surface area contributed by atoms with Crippen LogP contribution in [0.1, 0.15) is 11.3 Å². The first-order valence-electron chi connectivity index (χ1n) is 5.75. The first kappa shape index (κ1) is 13.9. The Labute approximate surface area is 120 Å². The van der Waals surface area contributed by atoms with E-state index >= 15 is 0 Å². The van der Waals surface area contributed by atoms with E-state index in [0.29, 0.717) is 11.4 Å². The Kier molecular flexibility index (Phi) is 4.44. The van der Waals surface area contributed by atoms with Crippen molar-refractivity contribution < 1.29 is 4.79 Å². The molecule has 1 amide bonds. The molecule has 19 heavy (non-hydrogen) atoms. The van der Waals surface area contributed by atoms with Crippen LogP contribution in [0, 0.1) is 13.8 Å². The summed E-state index contributed by atoms with van der Waals surface area (Å²) >= 11 is 3.00. The molecule has 100 valence electrons. The summed E-state index contributed by atoms with van der Waals surface area (Å²) in [5, 5.41) is 4.84. The topological polar surface area (TPSA) is 68.0 Å². The molecule has 6 heteroatoms. The molecular formula is C13H15N3OS2. The molecule has 0 aliphatic carbocycles. The van der Waals surface area contributed by atoms with Gasteiger partial charge in [0.1, 0.15) is 0 Å². The van der Waals surface area contributed by atoms with Crippen LogP contribution in [0.15, 0.2) is 27.9 Å². The fraction of sp³-hybridized carbons (Fsp3) is 0.231. The van der Waals surface area contributed by atoms with Crippen molar-refractivity contribution in [3.05, 3.63) is 34.8 Å². The third-order valence-corrected chi connectivity index (χ3v) is 4.60. The molecule has 0 bridgehead atoms. The van der Waals surface area contributed by atoms with Gasteiger partial charge in [-0.25, -0.2) is 4.98 Å². The van der Waals surface area contributed by atoms with Crippen molar-refractivity contribution in [2.24, 2.45) is 0 Å². The quantitative estimate of drug-likeness (QED) is 0.671. The number of amides is 1. The lowest BCUT2D eigenvalue weighted by Crippen LogP contribution is -2.15. The van der Waals surface area contributed by atoms with Gasteiger partial charge in [0.15, 0.2) is 4.34 Å². The van der Waals surface area contributed by atoms with E-state index in [1.54, 1.807) is 17.4 Å². The molecule has 0 radical (unpaired) electrons. The van der Waals surface area contributed by atoms with E-state index < -0.39 is 0 Å². The van der Waals surface area contributed by atoms with Gasteiger partial charge in [0, 0.05) is 22.4 Å². The van der Waals surface area contributed by atoms with Crippen molar-refractivity contribution in [3.63, 3.8) is 0 Å². The van der Waals surface area contributed by atoms with E-state index in [2.05, 4.69) is 10.3 Å². The first-order chi connectivity index (χ1) is 9.04. The van der Waals surface area contributed by atoms with Gasteiger partial charge >= 0.3 is 0 Å². The van der Waals surface area contributed by atoms with Gasteiger partial charge in [0.25, 0.3) is 0 Å². The van der Waals surface area contributed by atoms with E-state index in [9.17, 15) is 4.79 Å². The summed E-state index contributed by atoms with van der Waals surface area (Å²) in [6.45, 7) is 3.88. The van der Waals surface area contributed by atoms with Crippen molar-refractivity contribution in [2.75, 3.05) is 16.8 Å². The Morgan fingerprint density at radius 2 is 2.26 bits per heavy atom. The lowest BCUT2D eigenvalue weighted by molar-refractivity contribution is -0.113. The standard InChI is InChI=1S/C13H15N3OS2/c1-8-3-4-10(14)5-11(8)16-12(17)7-19-13-15-9(2)6-18-13/h3-6H,7,14H2,1-2H3,(H,16,17). The number of anilines is 2. The lowest BCUT2D eigenvalue weighted by Gasteiger charge is -2.08. The normalized spacial score (nSPS) is 10.4. The van der Waals surface area contributed by atoms with E-state index in [0.717, 1.165) is 21.3 Å². The molecule has 0 aliphatic rings. The molecule has 0 saturated carbocycles. The molecule has 1 heterocycles. The molecule has 1 aromatic heterocycles. The number of aromatic nitrogens is 1. The number of rotatable bonds is 4. The molecule has 3 N–H and O–H groups in total. The van der Waals surface area contributed by atoms with Gasteiger partial charge in [-0.1, -0.05) is 17.8 Å². The monoisotopic (exact) mass is 293 g/mol. The number of carbonyl (C=O) groups is 1. The highest BCUT2D eigenvalue weighted by Crippen LogP contribution is 2.23. The van der Waals surface area contributed by atoms with Crippen LogP contribution in [0.25, 0.3) is 0 Å². The molecule has 0 fully saturated rings. The van der Waals surface area contributed by atoms with Crippen LogP contribution >= 0.6 is 23.1 Å². The average molecular weight is 293 g/mol. The van der Waals surface area contributed by atoms with Crippen LogP contribution in [0.3, 0.4) is 0 Å². The maximum absolute atomic E-state index is 11.9. The second-order valence-electron chi connectivity index (χ2n) is 4.17. The highest BCUT2D eigenvalue weighted by Gasteiger charge is 2.07. The number of hydrogen-bond acceptors (Lipinski definition) is 5. The predicted octanol–water partition coefficient (Wildman–Crippen LogP) is 3.07. The van der Waals surface area contributed by atoms with Crippen LogP contribution in [0.5, 0.6) is 0 Å². The Bertz CT molecular complexity index is 595. The number of carbonyl (C=O) groups excluding carboxylic acids is 1. The summed E-state index contributed by atoms with van der Waals surface area (Å²) in [5.41, 5.74) is 9.10. The third-order valence-electron chi connectivity index (χ3n) is 2.46. The van der Waals surface area contributed by atoms with Gasteiger partial charge in [-0.3, -0.25) is 4.79 Å². The smallest absolute Gasteiger partial charge is 0.234 e. The first-order valence-corrected chi connectivity index (χ1v) is 7.62. The van der Waals surface area contributed by atoms with Gasteiger partial charge in [-0.05, 0) is 31.5 Å². The van der Waals surface area contributed by atoms with Crippen molar-refractivity contribution in [2.45, 2.75) is 18.2 Å². The molecule has 4 nitrogen and oxygen atoms in total. The van der Waals surface area contributed by atoms with E-state index in [4.69, 9.17) is 5.73 Å². The van der Waals surface area contributed by atoms with Gasteiger partial charge in [0.05, 0.1) is 5.75 Å². The zero-order chi connectivity index (χ0) is 13.8. The van der Waals surface area contributed by atoms with Crippen LogP contribution < -0.4 is 11.1 Å². The second kappa shape index (κ2) is 6.08. The fourth-order valence-corrected chi connectivity index (χ4v) is 3.14. The molecule has 0 atom stereocenters. The third kappa shape index (κ3) is 3.97. The van der Waals surface area contributed by atoms with E-state index in [1.165, 1.54) is 11.8 Å². The van der Waals surface area contributed by atoms with E-state index in [-0.39, 0.29) is 5.91 Å². The van der Waals surface area contributed by atoms with Crippen molar-refractivity contribution in [3.8, 4) is 0 Å². The molecule has 2 aromatic rings. The molecule has 2 rings (SSSR count). The maximum Gasteiger partial charge on any atom is 0.234 e. The predicted molar refractivity (Wildman–Crippen MR) is 81.8 cm³/mol. The summed E-state index contributed by atoms with van der Waals surface area (Å²) in [6.07, 6.45) is 0. The average Bonchev–Trinajstić information content (AvgIpc) is 2.77. The van der Waals surface area contributed by atoms with Crippen molar-refractivity contribution in [1.82, 2.24) is 4.98 Å². The fourth-order valence-electron chi connectivity index (χ4n) is 1.49. The maximum atomic E-state index is 11.9. The molecular weight excluding hydrogens is 278 g/mol. The minimum absolute atomic E-state index is 0.0495. The molecule has 0 spiro atoms. The van der Waals surface area contributed by atoms with E-state index in [1.807, 2.05) is 31.4 Å². The van der Waals surface area contributed by atoms with Crippen molar-refractivity contribution >= 4 is 40.4 Å². The Morgan fingerprint density at radius 3 is 2.95 bits per heavy atom. The van der Waals surface area contributed by atoms with Gasteiger partial charge in [-0.15, -0.1) is 11.3 Å². The van der Waals surface area contributed by atoms with Gasteiger partial charge in [0.2, 0.25) is 5.91 Å². The molecule has 0 aliphatic heterocycles. The number of nitrogens with zero attached hydrogens (tertiary/aromatic N) is 1. The summed E-state index contributed by atoms with van der Waals surface area (Å²) in [4.78, 5) is 16.2. The number of hydrogen-bond donors (Lipinski definition) is 2.